The maximum Gasteiger partial charge on any atom is 0.258 e. The summed E-state index contributed by atoms with van der Waals surface area (Å²) < 4.78 is 18.7. The van der Waals surface area contributed by atoms with Crippen molar-refractivity contribution in [2.75, 3.05) is 7.11 Å². The fourth-order valence-electron chi connectivity index (χ4n) is 1.98. The SMILES string of the molecule is COc1ccc(C(C)NC(=O)c2c(O)cccc2F)cc1. The molecule has 1 unspecified atom stereocenters. The van der Waals surface area contributed by atoms with E-state index in [-0.39, 0.29) is 17.4 Å². The number of hydrogen-bond acceptors (Lipinski definition) is 3. The van der Waals surface area contributed by atoms with Crippen LogP contribution in [0.3, 0.4) is 0 Å². The number of rotatable bonds is 4. The number of nitrogens with one attached hydrogen (secondary N) is 1. The van der Waals surface area contributed by atoms with Crippen LogP contribution in [0, 0.1) is 5.82 Å². The minimum Gasteiger partial charge on any atom is -0.507 e. The minimum absolute atomic E-state index is 0.331. The number of amides is 1. The van der Waals surface area contributed by atoms with Crippen molar-refractivity contribution in [2.45, 2.75) is 13.0 Å². The molecule has 0 saturated heterocycles. The van der Waals surface area contributed by atoms with E-state index in [0.717, 1.165) is 11.6 Å². The molecule has 0 fully saturated rings. The fourth-order valence-corrected chi connectivity index (χ4v) is 1.98. The molecule has 0 aromatic heterocycles. The van der Waals surface area contributed by atoms with Gasteiger partial charge in [0, 0.05) is 0 Å². The van der Waals surface area contributed by atoms with Gasteiger partial charge in [-0.15, -0.1) is 0 Å². The molecular formula is C16H16FNO3. The molecule has 0 aliphatic heterocycles. The van der Waals surface area contributed by atoms with Gasteiger partial charge in [-0.1, -0.05) is 18.2 Å². The van der Waals surface area contributed by atoms with Crippen molar-refractivity contribution in [1.29, 1.82) is 0 Å². The van der Waals surface area contributed by atoms with Gasteiger partial charge < -0.3 is 15.2 Å². The highest BCUT2D eigenvalue weighted by atomic mass is 19.1. The standard InChI is InChI=1S/C16H16FNO3/c1-10(11-6-8-12(21-2)9-7-11)18-16(20)15-13(17)4-3-5-14(15)19/h3-10,19H,1-2H3,(H,18,20). The Labute approximate surface area is 122 Å². The van der Waals surface area contributed by atoms with Gasteiger partial charge in [0.2, 0.25) is 0 Å². The van der Waals surface area contributed by atoms with E-state index in [9.17, 15) is 14.3 Å². The Hall–Kier alpha value is -2.56. The molecule has 4 nitrogen and oxygen atoms in total. The first-order valence-electron chi connectivity index (χ1n) is 6.45. The van der Waals surface area contributed by atoms with E-state index < -0.39 is 11.7 Å². The second-order valence-electron chi connectivity index (χ2n) is 4.60. The third-order valence-electron chi connectivity index (χ3n) is 3.18. The molecule has 0 aliphatic rings. The first kappa shape index (κ1) is 14.8. The fraction of sp³-hybridized carbons (Fsp3) is 0.188. The topological polar surface area (TPSA) is 58.6 Å². The second kappa shape index (κ2) is 6.26. The molecule has 21 heavy (non-hydrogen) atoms. The number of ether oxygens (including phenoxy) is 1. The van der Waals surface area contributed by atoms with Crippen LogP contribution in [0.5, 0.6) is 11.5 Å². The van der Waals surface area contributed by atoms with Crippen LogP contribution in [0.15, 0.2) is 42.5 Å². The lowest BCUT2D eigenvalue weighted by atomic mass is 10.1. The van der Waals surface area contributed by atoms with Crippen LogP contribution in [-0.2, 0) is 0 Å². The molecule has 110 valence electrons. The summed E-state index contributed by atoms with van der Waals surface area (Å²) in [6.45, 7) is 1.78. The monoisotopic (exact) mass is 289 g/mol. The number of phenolic OH excluding ortho intramolecular Hbond substituents is 1. The molecule has 0 saturated carbocycles. The van der Waals surface area contributed by atoms with Crippen molar-refractivity contribution < 1.29 is 19.0 Å². The van der Waals surface area contributed by atoms with E-state index in [1.165, 1.54) is 12.1 Å². The molecule has 5 heteroatoms. The molecule has 0 aliphatic carbocycles. The zero-order chi connectivity index (χ0) is 15.4. The normalized spacial score (nSPS) is 11.8. The van der Waals surface area contributed by atoms with Gasteiger partial charge in [0.1, 0.15) is 22.9 Å². The van der Waals surface area contributed by atoms with Crippen molar-refractivity contribution >= 4 is 5.91 Å². The van der Waals surface area contributed by atoms with Gasteiger partial charge in [0.25, 0.3) is 5.91 Å². The lowest BCUT2D eigenvalue weighted by Gasteiger charge is -2.15. The zero-order valence-corrected chi connectivity index (χ0v) is 11.8. The van der Waals surface area contributed by atoms with Gasteiger partial charge in [-0.2, -0.15) is 0 Å². The summed E-state index contributed by atoms with van der Waals surface area (Å²) >= 11 is 0. The van der Waals surface area contributed by atoms with E-state index in [2.05, 4.69) is 5.32 Å². The highest BCUT2D eigenvalue weighted by molar-refractivity contribution is 5.97. The highest BCUT2D eigenvalue weighted by Gasteiger charge is 2.18. The zero-order valence-electron chi connectivity index (χ0n) is 11.8. The molecule has 0 radical (unpaired) electrons. The number of hydrogen-bond donors (Lipinski definition) is 2. The molecule has 2 aromatic carbocycles. The third kappa shape index (κ3) is 3.31. The molecule has 1 amide bonds. The van der Waals surface area contributed by atoms with Gasteiger partial charge in [0.15, 0.2) is 0 Å². The van der Waals surface area contributed by atoms with Crippen LogP contribution in [0.2, 0.25) is 0 Å². The van der Waals surface area contributed by atoms with Gasteiger partial charge in [-0.05, 0) is 36.8 Å². The first-order valence-corrected chi connectivity index (χ1v) is 6.45. The van der Waals surface area contributed by atoms with Crippen LogP contribution in [0.25, 0.3) is 0 Å². The number of methoxy groups -OCH3 is 1. The Kier molecular flexibility index (Phi) is 4.42. The molecule has 2 aromatic rings. The average molecular weight is 289 g/mol. The van der Waals surface area contributed by atoms with Crippen LogP contribution in [0.1, 0.15) is 28.9 Å². The van der Waals surface area contributed by atoms with Crippen molar-refractivity contribution in [2.24, 2.45) is 0 Å². The number of aromatic hydroxyl groups is 1. The van der Waals surface area contributed by atoms with Crippen LogP contribution >= 0.6 is 0 Å². The van der Waals surface area contributed by atoms with Crippen molar-refractivity contribution in [1.82, 2.24) is 5.32 Å². The summed E-state index contributed by atoms with van der Waals surface area (Å²) in [5.41, 5.74) is 0.498. The summed E-state index contributed by atoms with van der Waals surface area (Å²) in [4.78, 5) is 12.1. The van der Waals surface area contributed by atoms with E-state index in [0.29, 0.717) is 5.75 Å². The van der Waals surface area contributed by atoms with Gasteiger partial charge >= 0.3 is 0 Å². The number of carbonyl (C=O) groups is 1. The summed E-state index contributed by atoms with van der Waals surface area (Å²) in [5.74, 6) is -1.08. The quantitative estimate of drug-likeness (QED) is 0.909. The van der Waals surface area contributed by atoms with Crippen molar-refractivity contribution in [3.05, 3.63) is 59.4 Å². The number of benzene rings is 2. The molecule has 0 heterocycles. The molecule has 0 spiro atoms. The smallest absolute Gasteiger partial charge is 0.258 e. The van der Waals surface area contributed by atoms with E-state index >= 15 is 0 Å². The molecule has 0 bridgehead atoms. The molecule has 2 rings (SSSR count). The van der Waals surface area contributed by atoms with Crippen molar-refractivity contribution in [3.63, 3.8) is 0 Å². The van der Waals surface area contributed by atoms with E-state index in [1.807, 2.05) is 12.1 Å². The first-order chi connectivity index (χ1) is 10.0. The molecular weight excluding hydrogens is 273 g/mol. The van der Waals surface area contributed by atoms with E-state index in [4.69, 9.17) is 4.74 Å². The largest absolute Gasteiger partial charge is 0.507 e. The lowest BCUT2D eigenvalue weighted by Crippen LogP contribution is -2.27. The summed E-state index contributed by atoms with van der Waals surface area (Å²) in [7, 11) is 1.57. The van der Waals surface area contributed by atoms with Gasteiger partial charge in [0.05, 0.1) is 13.2 Å². The predicted octanol–water partition coefficient (Wildman–Crippen LogP) is 3.03. The Morgan fingerprint density at radius 2 is 1.90 bits per heavy atom. The van der Waals surface area contributed by atoms with Crippen LogP contribution in [-0.4, -0.2) is 18.1 Å². The summed E-state index contributed by atoms with van der Waals surface area (Å²) in [6.07, 6.45) is 0. The maximum absolute atomic E-state index is 13.6. The molecule has 2 N–H and O–H groups in total. The van der Waals surface area contributed by atoms with E-state index in [1.54, 1.807) is 26.2 Å². The number of phenols is 1. The van der Waals surface area contributed by atoms with Gasteiger partial charge in [-0.3, -0.25) is 4.79 Å². The number of carbonyl (C=O) groups excluding carboxylic acids is 1. The number of halogens is 1. The second-order valence-corrected chi connectivity index (χ2v) is 4.60. The Balaban J connectivity index is 2.15. The van der Waals surface area contributed by atoms with Crippen LogP contribution in [0.4, 0.5) is 4.39 Å². The third-order valence-corrected chi connectivity index (χ3v) is 3.18. The van der Waals surface area contributed by atoms with Gasteiger partial charge in [-0.25, -0.2) is 4.39 Å². The average Bonchev–Trinajstić information content (AvgIpc) is 2.47. The van der Waals surface area contributed by atoms with Crippen molar-refractivity contribution in [3.8, 4) is 11.5 Å². The predicted molar refractivity (Wildman–Crippen MR) is 76.9 cm³/mol. The Morgan fingerprint density at radius 3 is 2.48 bits per heavy atom. The highest BCUT2D eigenvalue weighted by Crippen LogP contribution is 2.22. The summed E-state index contributed by atoms with van der Waals surface area (Å²) in [6, 6.07) is 10.6. The minimum atomic E-state index is -0.755. The van der Waals surface area contributed by atoms with Crippen LogP contribution < -0.4 is 10.1 Å². The molecule has 1 atom stereocenters. The summed E-state index contributed by atoms with van der Waals surface area (Å²) in [5, 5.41) is 12.2. The Bertz CT molecular complexity index is 620. The Morgan fingerprint density at radius 1 is 1.24 bits per heavy atom. The lowest BCUT2D eigenvalue weighted by molar-refractivity contribution is 0.0933. The maximum atomic E-state index is 13.6.